The summed E-state index contributed by atoms with van der Waals surface area (Å²) in [5.74, 6) is 0. The summed E-state index contributed by atoms with van der Waals surface area (Å²) in [4.78, 5) is 5.00. The zero-order valence-electron chi connectivity index (χ0n) is 8.14. The van der Waals surface area contributed by atoms with E-state index in [2.05, 4.69) is 24.2 Å². The summed E-state index contributed by atoms with van der Waals surface area (Å²) in [7, 11) is 0. The van der Waals surface area contributed by atoms with Gasteiger partial charge in [0.05, 0.1) is 0 Å². The maximum atomic E-state index is 4.25. The Hall–Kier alpha value is -1.28. The van der Waals surface area contributed by atoms with Crippen LogP contribution in [0.1, 0.15) is 11.3 Å². The van der Waals surface area contributed by atoms with Gasteiger partial charge >= 0.3 is 0 Å². The monoisotopic (exact) mass is 203 g/mol. The first-order valence-corrected chi connectivity index (χ1v) is 4.79. The Morgan fingerprint density at radius 2 is 2.36 bits per heavy atom. The van der Waals surface area contributed by atoms with Gasteiger partial charge in [0.25, 0.3) is 0 Å². The lowest BCUT2D eigenvalue weighted by molar-refractivity contribution is 1.20. The van der Waals surface area contributed by atoms with E-state index in [-0.39, 0.29) is 0 Å². The molecule has 1 rings (SSSR count). The van der Waals surface area contributed by atoms with Crippen LogP contribution in [0.3, 0.4) is 0 Å². The van der Waals surface area contributed by atoms with Gasteiger partial charge in [-0.1, -0.05) is 18.7 Å². The van der Waals surface area contributed by atoms with Gasteiger partial charge in [-0.05, 0) is 36.8 Å². The molecule has 0 spiro atoms. The first-order chi connectivity index (χ1) is 6.72. The Labute approximate surface area is 90.3 Å². The van der Waals surface area contributed by atoms with Crippen LogP contribution >= 0.6 is 12.6 Å². The summed E-state index contributed by atoms with van der Waals surface area (Å²) < 4.78 is 0. The Kier molecular flexibility index (Phi) is 4.20. The number of hydrogen-bond donors (Lipinski definition) is 1. The van der Waals surface area contributed by atoms with E-state index in [1.807, 2.05) is 37.3 Å². The summed E-state index contributed by atoms with van der Waals surface area (Å²) in [6, 6.07) is 3.98. The molecular weight excluding hydrogens is 190 g/mol. The summed E-state index contributed by atoms with van der Waals surface area (Å²) in [6.07, 6.45) is 9.28. The highest BCUT2D eigenvalue weighted by molar-refractivity contribution is 7.84. The third-order valence-electron chi connectivity index (χ3n) is 1.66. The van der Waals surface area contributed by atoms with E-state index in [0.717, 1.165) is 16.2 Å². The van der Waals surface area contributed by atoms with Crippen molar-refractivity contribution in [2.45, 2.75) is 6.92 Å². The molecule has 0 saturated carbocycles. The Bertz CT molecular complexity index is 378. The molecule has 0 saturated heterocycles. The van der Waals surface area contributed by atoms with Crippen molar-refractivity contribution in [1.82, 2.24) is 4.98 Å². The molecule has 0 N–H and O–H groups in total. The van der Waals surface area contributed by atoms with E-state index < -0.39 is 0 Å². The van der Waals surface area contributed by atoms with E-state index in [9.17, 15) is 0 Å². The van der Waals surface area contributed by atoms with Gasteiger partial charge in [-0.25, -0.2) is 0 Å². The molecule has 1 aromatic rings. The number of pyridine rings is 1. The van der Waals surface area contributed by atoms with Crippen LogP contribution in [0.4, 0.5) is 0 Å². The van der Waals surface area contributed by atoms with Crippen LogP contribution in [0, 0.1) is 6.92 Å². The topological polar surface area (TPSA) is 12.9 Å². The SMILES string of the molecule is C=C/C=C(S)/C=C/c1ccnc(C)c1. The minimum absolute atomic E-state index is 0.884. The normalized spacial score (nSPS) is 12.0. The second kappa shape index (κ2) is 5.45. The summed E-state index contributed by atoms with van der Waals surface area (Å²) in [6.45, 7) is 5.57. The first-order valence-electron chi connectivity index (χ1n) is 4.35. The van der Waals surface area contributed by atoms with Crippen LogP contribution in [-0.4, -0.2) is 4.98 Å². The van der Waals surface area contributed by atoms with Crippen molar-refractivity contribution in [3.05, 3.63) is 59.3 Å². The average Bonchev–Trinajstić information content (AvgIpc) is 2.15. The van der Waals surface area contributed by atoms with Gasteiger partial charge < -0.3 is 0 Å². The van der Waals surface area contributed by atoms with Crippen molar-refractivity contribution < 1.29 is 0 Å². The van der Waals surface area contributed by atoms with E-state index in [1.54, 1.807) is 12.3 Å². The van der Waals surface area contributed by atoms with Crippen LogP contribution in [0.5, 0.6) is 0 Å². The summed E-state index contributed by atoms with van der Waals surface area (Å²) >= 11 is 4.25. The van der Waals surface area contributed by atoms with Gasteiger partial charge in [0.15, 0.2) is 0 Å². The van der Waals surface area contributed by atoms with Gasteiger partial charge in [0, 0.05) is 16.8 Å². The fraction of sp³-hybridized carbons (Fsp3) is 0.0833. The van der Waals surface area contributed by atoms with Crippen molar-refractivity contribution in [2.24, 2.45) is 0 Å². The van der Waals surface area contributed by atoms with Gasteiger partial charge in [0.1, 0.15) is 0 Å². The Morgan fingerprint density at radius 1 is 1.57 bits per heavy atom. The van der Waals surface area contributed by atoms with E-state index in [4.69, 9.17) is 0 Å². The maximum absolute atomic E-state index is 4.25. The van der Waals surface area contributed by atoms with Gasteiger partial charge in [-0.15, -0.1) is 12.6 Å². The molecule has 1 aromatic heterocycles. The highest BCUT2D eigenvalue weighted by atomic mass is 32.1. The number of hydrogen-bond acceptors (Lipinski definition) is 2. The second-order valence-electron chi connectivity index (χ2n) is 2.89. The van der Waals surface area contributed by atoms with Crippen molar-refractivity contribution in [3.8, 4) is 0 Å². The minimum Gasteiger partial charge on any atom is -0.262 e. The molecule has 0 bridgehead atoms. The molecule has 0 radical (unpaired) electrons. The van der Waals surface area contributed by atoms with Gasteiger partial charge in [-0.3, -0.25) is 4.98 Å². The van der Waals surface area contributed by atoms with Gasteiger partial charge in [0.2, 0.25) is 0 Å². The molecule has 1 nitrogen and oxygen atoms in total. The summed E-state index contributed by atoms with van der Waals surface area (Å²) in [5, 5.41) is 0. The summed E-state index contributed by atoms with van der Waals surface area (Å²) in [5.41, 5.74) is 2.14. The third kappa shape index (κ3) is 3.62. The number of rotatable bonds is 3. The smallest absolute Gasteiger partial charge is 0.0378 e. The molecule has 0 atom stereocenters. The number of thiol groups is 1. The number of aryl methyl sites for hydroxylation is 1. The molecule has 0 aliphatic rings. The van der Waals surface area contributed by atoms with Crippen molar-refractivity contribution >= 4 is 18.7 Å². The number of aromatic nitrogens is 1. The largest absolute Gasteiger partial charge is 0.262 e. The highest BCUT2D eigenvalue weighted by Crippen LogP contribution is 2.08. The average molecular weight is 203 g/mol. The fourth-order valence-corrected chi connectivity index (χ4v) is 1.21. The molecule has 0 aliphatic carbocycles. The van der Waals surface area contributed by atoms with E-state index >= 15 is 0 Å². The van der Waals surface area contributed by atoms with Crippen LogP contribution < -0.4 is 0 Å². The molecule has 0 fully saturated rings. The molecule has 14 heavy (non-hydrogen) atoms. The quantitative estimate of drug-likeness (QED) is 0.587. The molecule has 1 heterocycles. The highest BCUT2D eigenvalue weighted by Gasteiger charge is 1.88. The van der Waals surface area contributed by atoms with Crippen LogP contribution in [0.2, 0.25) is 0 Å². The lowest BCUT2D eigenvalue weighted by Crippen LogP contribution is -1.79. The zero-order chi connectivity index (χ0) is 10.4. The fourth-order valence-electron chi connectivity index (χ4n) is 1.03. The maximum Gasteiger partial charge on any atom is 0.0378 e. The Balaban J connectivity index is 2.78. The molecule has 0 amide bonds. The van der Waals surface area contributed by atoms with Crippen LogP contribution in [-0.2, 0) is 0 Å². The number of allylic oxidation sites excluding steroid dienone is 3. The van der Waals surface area contributed by atoms with Crippen LogP contribution in [0.15, 0.2) is 48.0 Å². The minimum atomic E-state index is 0.884. The predicted octanol–water partition coefficient (Wildman–Crippen LogP) is 3.40. The first kappa shape index (κ1) is 10.8. The molecular formula is C12H13NS. The third-order valence-corrected chi connectivity index (χ3v) is 1.95. The molecule has 2 heteroatoms. The second-order valence-corrected chi connectivity index (χ2v) is 3.41. The van der Waals surface area contributed by atoms with Crippen molar-refractivity contribution in [1.29, 1.82) is 0 Å². The van der Waals surface area contributed by atoms with Crippen molar-refractivity contribution in [3.63, 3.8) is 0 Å². The number of nitrogens with zero attached hydrogens (tertiary/aromatic N) is 1. The lowest BCUT2D eigenvalue weighted by Gasteiger charge is -1.94. The zero-order valence-corrected chi connectivity index (χ0v) is 9.04. The lowest BCUT2D eigenvalue weighted by atomic mass is 10.2. The standard InChI is InChI=1S/C12H13NS/c1-3-4-12(14)6-5-11-7-8-13-10(2)9-11/h3-9,14H,1H2,2H3/b6-5+,12-4-. The van der Waals surface area contributed by atoms with E-state index in [0.29, 0.717) is 0 Å². The van der Waals surface area contributed by atoms with Crippen LogP contribution in [0.25, 0.3) is 6.08 Å². The molecule has 0 aliphatic heterocycles. The Morgan fingerprint density at radius 3 is 3.00 bits per heavy atom. The van der Waals surface area contributed by atoms with E-state index in [1.165, 1.54) is 0 Å². The van der Waals surface area contributed by atoms with Crippen molar-refractivity contribution in [2.75, 3.05) is 0 Å². The molecule has 72 valence electrons. The predicted molar refractivity (Wildman–Crippen MR) is 65.3 cm³/mol. The molecule has 0 aromatic carbocycles. The molecule has 0 unspecified atom stereocenters. The van der Waals surface area contributed by atoms with Gasteiger partial charge in [-0.2, -0.15) is 0 Å².